The van der Waals surface area contributed by atoms with E-state index in [0.29, 0.717) is 4.90 Å². The van der Waals surface area contributed by atoms with Gasteiger partial charge in [-0.25, -0.2) is 42.2 Å². The van der Waals surface area contributed by atoms with E-state index >= 15 is 0 Å². The Morgan fingerprint density at radius 1 is 0.857 bits per heavy atom. The number of nitrogens with one attached hydrogen (secondary N) is 2. The fourth-order valence-corrected chi connectivity index (χ4v) is 4.05. The Bertz CT molecular complexity index is 1470. The maximum Gasteiger partial charge on any atom is 0.332 e. The molecule has 8 N–H and O–H groups in total. The number of nitrogens with two attached hydrogens (primary N) is 3. The summed E-state index contributed by atoms with van der Waals surface area (Å²) < 4.78 is 45.7. The van der Waals surface area contributed by atoms with Crippen molar-refractivity contribution in [1.82, 2.24) is 5.43 Å². The number of benzene rings is 2. The molecule has 0 saturated carbocycles. The SMILES string of the molecule is NC(=O)N/N=C1\C(=O)N(c2ccc(S(N)(=O)=O)cc2)C(=O)C1C(=O)Nc1ccc(S(N)(=O)=O)cc1. The number of urea groups is 1. The van der Waals surface area contributed by atoms with Gasteiger partial charge >= 0.3 is 6.03 Å². The number of primary amides is 1. The smallest absolute Gasteiger partial charge is 0.332 e. The lowest BCUT2D eigenvalue weighted by molar-refractivity contribution is -0.127. The lowest BCUT2D eigenvalue weighted by Crippen LogP contribution is -2.35. The molecule has 1 fully saturated rings. The summed E-state index contributed by atoms with van der Waals surface area (Å²) in [5, 5.41) is 15.9. The van der Waals surface area contributed by atoms with Gasteiger partial charge in [0.15, 0.2) is 5.92 Å². The first kappa shape index (κ1) is 25.4. The first-order valence-corrected chi connectivity index (χ1v) is 12.4. The minimum Gasteiger partial charge on any atom is -0.350 e. The normalized spacial score (nSPS) is 17.5. The van der Waals surface area contributed by atoms with Crippen LogP contribution in [0.5, 0.6) is 0 Å². The highest BCUT2D eigenvalue weighted by molar-refractivity contribution is 7.89. The molecule has 17 heteroatoms. The van der Waals surface area contributed by atoms with Crippen LogP contribution < -0.4 is 31.7 Å². The van der Waals surface area contributed by atoms with Crippen LogP contribution in [-0.4, -0.2) is 46.3 Å². The monoisotopic (exact) mass is 523 g/mol. The van der Waals surface area contributed by atoms with E-state index in [1.54, 1.807) is 5.43 Å². The molecule has 2 aromatic rings. The minimum atomic E-state index is -4.05. The number of hydrazone groups is 1. The Labute approximate surface area is 198 Å². The van der Waals surface area contributed by atoms with E-state index in [-0.39, 0.29) is 21.2 Å². The molecule has 3 rings (SSSR count). The number of primary sulfonamides is 2. The summed E-state index contributed by atoms with van der Waals surface area (Å²) in [6.45, 7) is 0. The van der Waals surface area contributed by atoms with Crippen LogP contribution >= 0.6 is 0 Å². The number of nitrogens with zero attached hydrogens (tertiary/aromatic N) is 2. The standard InChI is InChI=1S/C18H17N7O8S2/c19-18(29)24-23-14-13(15(26)22-9-1-5-11(6-2-9)34(20,30)31)16(27)25(17(14)28)10-3-7-12(8-4-10)35(21,32)33/h1-8,13H,(H,22,26)(H3,19,24,29)(H2,20,30,31)(H2,21,32,33)/b23-14-. The first-order valence-electron chi connectivity index (χ1n) is 9.28. The largest absolute Gasteiger partial charge is 0.350 e. The van der Waals surface area contributed by atoms with E-state index < -0.39 is 55.4 Å². The van der Waals surface area contributed by atoms with Crippen molar-refractivity contribution in [2.45, 2.75) is 9.79 Å². The molecular weight excluding hydrogens is 506 g/mol. The number of carbonyl (C=O) groups is 4. The molecule has 0 aliphatic carbocycles. The Morgan fingerprint density at radius 3 is 1.80 bits per heavy atom. The number of anilines is 2. The summed E-state index contributed by atoms with van der Waals surface area (Å²) in [7, 11) is -8.04. The summed E-state index contributed by atoms with van der Waals surface area (Å²) in [6.07, 6.45) is 0. The second kappa shape index (κ2) is 9.22. The molecule has 1 heterocycles. The van der Waals surface area contributed by atoms with Crippen molar-refractivity contribution in [1.29, 1.82) is 0 Å². The molecule has 0 aromatic heterocycles. The number of amides is 5. The molecule has 184 valence electrons. The highest BCUT2D eigenvalue weighted by Gasteiger charge is 2.50. The highest BCUT2D eigenvalue weighted by atomic mass is 32.2. The first-order chi connectivity index (χ1) is 16.2. The van der Waals surface area contributed by atoms with Gasteiger partial charge in [-0.2, -0.15) is 5.10 Å². The zero-order valence-corrected chi connectivity index (χ0v) is 19.0. The number of imide groups is 1. The average molecular weight is 524 g/mol. The van der Waals surface area contributed by atoms with Crippen LogP contribution in [0.15, 0.2) is 63.4 Å². The summed E-state index contributed by atoms with van der Waals surface area (Å²) in [6, 6.07) is 7.75. The Morgan fingerprint density at radius 2 is 1.34 bits per heavy atom. The van der Waals surface area contributed by atoms with Gasteiger partial charge in [0.1, 0.15) is 5.71 Å². The highest BCUT2D eigenvalue weighted by Crippen LogP contribution is 2.27. The third-order valence-corrected chi connectivity index (χ3v) is 6.44. The van der Waals surface area contributed by atoms with Crippen molar-refractivity contribution >= 4 is 60.9 Å². The zero-order valence-electron chi connectivity index (χ0n) is 17.4. The lowest BCUT2D eigenvalue weighted by Gasteiger charge is -2.14. The fourth-order valence-electron chi connectivity index (χ4n) is 3.02. The molecule has 35 heavy (non-hydrogen) atoms. The minimum absolute atomic E-state index is 0.0563. The molecule has 1 saturated heterocycles. The number of hydrogen-bond donors (Lipinski definition) is 5. The Kier molecular flexibility index (Phi) is 6.70. The molecule has 1 aliphatic rings. The maximum absolute atomic E-state index is 13.1. The number of sulfonamides is 2. The van der Waals surface area contributed by atoms with Crippen LogP contribution in [0.2, 0.25) is 0 Å². The van der Waals surface area contributed by atoms with Crippen LogP contribution in [0.3, 0.4) is 0 Å². The van der Waals surface area contributed by atoms with E-state index in [9.17, 15) is 36.0 Å². The van der Waals surface area contributed by atoms with Crippen molar-refractivity contribution in [3.8, 4) is 0 Å². The van der Waals surface area contributed by atoms with Gasteiger partial charge in [0.2, 0.25) is 26.0 Å². The Balaban J connectivity index is 1.95. The molecule has 0 radical (unpaired) electrons. The van der Waals surface area contributed by atoms with Gasteiger partial charge < -0.3 is 11.1 Å². The lowest BCUT2D eigenvalue weighted by atomic mass is 10.0. The summed E-state index contributed by atoms with van der Waals surface area (Å²) in [4.78, 5) is 50.0. The van der Waals surface area contributed by atoms with Crippen molar-refractivity contribution < 1.29 is 36.0 Å². The molecule has 15 nitrogen and oxygen atoms in total. The summed E-state index contributed by atoms with van der Waals surface area (Å²) in [5.41, 5.74) is 6.01. The molecule has 0 spiro atoms. The van der Waals surface area contributed by atoms with Crippen LogP contribution in [0, 0.1) is 5.92 Å². The molecule has 2 aromatic carbocycles. The Hall–Kier alpha value is -4.19. The zero-order chi connectivity index (χ0) is 26.1. The van der Waals surface area contributed by atoms with Gasteiger partial charge in [-0.3, -0.25) is 14.4 Å². The molecule has 1 unspecified atom stereocenters. The number of carbonyl (C=O) groups excluding carboxylic acids is 4. The fraction of sp³-hybridized carbons (Fsp3) is 0.0556. The molecule has 1 atom stereocenters. The van der Waals surface area contributed by atoms with Gasteiger partial charge in [0, 0.05) is 5.69 Å². The third kappa shape index (κ3) is 5.49. The molecule has 1 aliphatic heterocycles. The van der Waals surface area contributed by atoms with Gasteiger partial charge in [-0.05, 0) is 48.5 Å². The number of hydrogen-bond acceptors (Lipinski definition) is 9. The van der Waals surface area contributed by atoms with Crippen LogP contribution in [-0.2, 0) is 34.4 Å². The average Bonchev–Trinajstić information content (AvgIpc) is 3.00. The van der Waals surface area contributed by atoms with Gasteiger partial charge in [0.25, 0.3) is 11.8 Å². The predicted molar refractivity (Wildman–Crippen MR) is 120 cm³/mol. The number of rotatable bonds is 6. The van der Waals surface area contributed by atoms with E-state index in [1.807, 2.05) is 0 Å². The molecule has 0 bridgehead atoms. The van der Waals surface area contributed by atoms with Crippen molar-refractivity contribution in [3.05, 3.63) is 48.5 Å². The molecular formula is C18H17N7O8S2. The van der Waals surface area contributed by atoms with E-state index in [4.69, 9.17) is 16.0 Å². The predicted octanol–water partition coefficient (Wildman–Crippen LogP) is -1.87. The van der Waals surface area contributed by atoms with Crippen LogP contribution in [0.1, 0.15) is 0 Å². The van der Waals surface area contributed by atoms with E-state index in [1.165, 1.54) is 12.1 Å². The molecule has 5 amide bonds. The summed E-state index contributed by atoms with van der Waals surface area (Å²) in [5.74, 6) is -5.04. The van der Waals surface area contributed by atoms with Gasteiger partial charge in [0.05, 0.1) is 15.5 Å². The topological polar surface area (TPSA) is 254 Å². The quantitative estimate of drug-likeness (QED) is 0.162. The van der Waals surface area contributed by atoms with Crippen LogP contribution in [0.25, 0.3) is 0 Å². The third-order valence-electron chi connectivity index (χ3n) is 4.59. The summed E-state index contributed by atoms with van der Waals surface area (Å²) >= 11 is 0. The van der Waals surface area contributed by atoms with E-state index in [0.717, 1.165) is 36.4 Å². The maximum atomic E-state index is 13.1. The van der Waals surface area contributed by atoms with Gasteiger partial charge in [-0.1, -0.05) is 0 Å². The second-order valence-electron chi connectivity index (χ2n) is 6.98. The van der Waals surface area contributed by atoms with Gasteiger partial charge in [-0.15, -0.1) is 0 Å². The second-order valence-corrected chi connectivity index (χ2v) is 10.1. The van der Waals surface area contributed by atoms with Crippen molar-refractivity contribution in [2.75, 3.05) is 10.2 Å². The van der Waals surface area contributed by atoms with Crippen molar-refractivity contribution in [2.24, 2.45) is 27.0 Å². The van der Waals surface area contributed by atoms with Crippen molar-refractivity contribution in [3.63, 3.8) is 0 Å². The van der Waals surface area contributed by atoms with Crippen LogP contribution in [0.4, 0.5) is 16.2 Å². The van der Waals surface area contributed by atoms with E-state index in [2.05, 4.69) is 10.4 Å².